The Hall–Kier alpha value is -3.70. The minimum atomic E-state index is -2.54. The average Bonchev–Trinajstić information content (AvgIpc) is 3.46. The summed E-state index contributed by atoms with van der Waals surface area (Å²) in [4.78, 5) is 9.16. The van der Waals surface area contributed by atoms with Crippen LogP contribution in [0.3, 0.4) is 0 Å². The Bertz CT molecular complexity index is 2060. The molecule has 0 atom stereocenters. The van der Waals surface area contributed by atoms with Crippen molar-refractivity contribution in [2.24, 2.45) is 5.41 Å². The molecule has 0 unspecified atom stereocenters. The summed E-state index contributed by atoms with van der Waals surface area (Å²) in [6, 6.07) is 17.3. The first-order chi connectivity index (χ1) is 20.4. The van der Waals surface area contributed by atoms with Crippen LogP contribution in [0.2, 0.25) is 19.6 Å². The average molecular weight is 525 g/mol. The van der Waals surface area contributed by atoms with Gasteiger partial charge in [0.1, 0.15) is 16.9 Å². The summed E-state index contributed by atoms with van der Waals surface area (Å²) in [7, 11) is -1.46. The molecular formula is C33H34N2O2Si. The molecule has 4 aromatic heterocycles. The quantitative estimate of drug-likeness (QED) is 0.216. The Morgan fingerprint density at radius 3 is 2.50 bits per heavy atom. The van der Waals surface area contributed by atoms with E-state index >= 15 is 0 Å². The summed E-state index contributed by atoms with van der Waals surface area (Å²) < 4.78 is 63.2. The van der Waals surface area contributed by atoms with Gasteiger partial charge in [0.05, 0.1) is 20.5 Å². The van der Waals surface area contributed by atoms with Gasteiger partial charge in [-0.15, -0.1) is 0 Å². The fraction of sp³-hybridized carbons (Fsp3) is 0.273. The van der Waals surface area contributed by atoms with Crippen molar-refractivity contribution < 1.29 is 17.1 Å². The topological polar surface area (TPSA) is 52.1 Å². The second kappa shape index (κ2) is 8.67. The molecule has 0 saturated carbocycles. The summed E-state index contributed by atoms with van der Waals surface area (Å²) >= 11 is 0. The van der Waals surface area contributed by atoms with E-state index in [1.165, 1.54) is 17.4 Å². The molecule has 4 heterocycles. The number of aromatic nitrogens is 2. The number of hydrogen-bond acceptors (Lipinski definition) is 4. The van der Waals surface area contributed by atoms with Crippen molar-refractivity contribution in [1.29, 1.82) is 0 Å². The maximum Gasteiger partial charge on any atom is 0.228 e. The SMILES string of the molecule is [2H]c1c(-c2ccc([Si](C)(C)C)cc2)oc2cc3c(nc12)oc1c(-c2cc(C([2H])([2H])C(C)(C)C)c(C([2H])([2H])[2H])cn2)cccc13. The third-order valence-corrected chi connectivity index (χ3v) is 8.67. The van der Waals surface area contributed by atoms with Gasteiger partial charge in [0.2, 0.25) is 5.71 Å². The Morgan fingerprint density at radius 2 is 1.79 bits per heavy atom. The van der Waals surface area contributed by atoms with Crippen LogP contribution >= 0.6 is 0 Å². The minimum Gasteiger partial charge on any atom is -0.454 e. The first-order valence-corrected chi connectivity index (χ1v) is 16.3. The highest BCUT2D eigenvalue weighted by atomic mass is 28.3. The highest BCUT2D eigenvalue weighted by molar-refractivity contribution is 6.88. The van der Waals surface area contributed by atoms with E-state index in [2.05, 4.69) is 36.8 Å². The molecule has 4 nitrogen and oxygen atoms in total. The second-order valence-electron chi connectivity index (χ2n) is 11.8. The van der Waals surface area contributed by atoms with Gasteiger partial charge < -0.3 is 8.83 Å². The van der Waals surface area contributed by atoms with Crippen LogP contribution in [0.1, 0.15) is 40.1 Å². The molecule has 0 aliphatic heterocycles. The van der Waals surface area contributed by atoms with Gasteiger partial charge in [-0.25, -0.2) is 4.98 Å². The van der Waals surface area contributed by atoms with Crippen LogP contribution < -0.4 is 5.19 Å². The second-order valence-corrected chi connectivity index (χ2v) is 16.9. The van der Waals surface area contributed by atoms with E-state index in [9.17, 15) is 0 Å². The first kappa shape index (κ1) is 18.5. The zero-order valence-electron chi connectivity index (χ0n) is 28.5. The van der Waals surface area contributed by atoms with Gasteiger partial charge in [-0.1, -0.05) is 82.0 Å². The van der Waals surface area contributed by atoms with Crippen LogP contribution in [-0.2, 0) is 6.37 Å². The number of rotatable bonds is 4. The molecule has 0 saturated heterocycles. The predicted molar refractivity (Wildman–Crippen MR) is 161 cm³/mol. The Morgan fingerprint density at radius 1 is 1.00 bits per heavy atom. The van der Waals surface area contributed by atoms with E-state index in [-0.39, 0.29) is 17.2 Å². The van der Waals surface area contributed by atoms with E-state index in [1.54, 1.807) is 26.8 Å². The van der Waals surface area contributed by atoms with Crippen molar-refractivity contribution in [3.05, 3.63) is 78.0 Å². The molecule has 0 amide bonds. The lowest BCUT2D eigenvalue weighted by Gasteiger charge is -2.20. The molecule has 0 aliphatic carbocycles. The maximum atomic E-state index is 8.88. The number of fused-ring (bicyclic) bond motifs is 4. The molecule has 5 heteroatoms. The van der Waals surface area contributed by atoms with E-state index < -0.39 is 26.7 Å². The van der Waals surface area contributed by atoms with Crippen LogP contribution in [-0.4, -0.2) is 18.0 Å². The highest BCUT2D eigenvalue weighted by Crippen LogP contribution is 2.38. The summed E-state index contributed by atoms with van der Waals surface area (Å²) in [5, 5.41) is 2.78. The number of para-hydroxylation sites is 1. The standard InChI is InChI=1S/C33H34N2O2Si/c1-20-19-34-27(15-22(20)18-33(2,3)4)25-10-8-9-24-26-16-30-28(35-32(26)37-31(24)25)17-29(36-30)21-11-13-23(14-12-21)38(5,6)7/h8-17,19H,18H2,1-7H3/i1D3,17D,18D2. The molecule has 0 bridgehead atoms. The third-order valence-electron chi connectivity index (χ3n) is 6.60. The summed E-state index contributed by atoms with van der Waals surface area (Å²) in [5.74, 6) is 0.450. The zero-order valence-corrected chi connectivity index (χ0v) is 23.5. The lowest BCUT2D eigenvalue weighted by atomic mass is 9.86. The van der Waals surface area contributed by atoms with Gasteiger partial charge in [-0.2, -0.15) is 0 Å². The van der Waals surface area contributed by atoms with Crippen molar-refractivity contribution in [3.63, 3.8) is 0 Å². The first-order valence-electron chi connectivity index (χ1n) is 15.8. The van der Waals surface area contributed by atoms with Crippen LogP contribution in [0.4, 0.5) is 0 Å². The predicted octanol–water partition coefficient (Wildman–Crippen LogP) is 8.90. The van der Waals surface area contributed by atoms with Gasteiger partial charge >= 0.3 is 0 Å². The van der Waals surface area contributed by atoms with Gasteiger partial charge in [-0.05, 0) is 48.0 Å². The smallest absolute Gasteiger partial charge is 0.228 e. The Kier molecular flexibility index (Phi) is 4.23. The van der Waals surface area contributed by atoms with Crippen molar-refractivity contribution >= 4 is 46.4 Å². The van der Waals surface area contributed by atoms with Crippen LogP contribution in [0.5, 0.6) is 0 Å². The molecule has 38 heavy (non-hydrogen) atoms. The van der Waals surface area contributed by atoms with Crippen molar-refractivity contribution in [2.75, 3.05) is 0 Å². The maximum absolute atomic E-state index is 8.88. The summed E-state index contributed by atoms with van der Waals surface area (Å²) in [6.45, 7) is 9.56. The fourth-order valence-electron chi connectivity index (χ4n) is 4.68. The van der Waals surface area contributed by atoms with Gasteiger partial charge in [0.15, 0.2) is 5.58 Å². The molecule has 0 N–H and O–H groups in total. The van der Waals surface area contributed by atoms with Crippen molar-refractivity contribution in [2.45, 2.75) is 53.6 Å². The molecule has 0 spiro atoms. The van der Waals surface area contributed by atoms with E-state index in [1.807, 2.05) is 30.3 Å². The molecule has 6 rings (SSSR count). The summed E-state index contributed by atoms with van der Waals surface area (Å²) in [6.07, 6.45) is -0.711. The third kappa shape index (κ3) is 4.45. The zero-order chi connectivity index (χ0) is 32.0. The van der Waals surface area contributed by atoms with E-state index in [0.29, 0.717) is 44.8 Å². The summed E-state index contributed by atoms with van der Waals surface area (Å²) in [5.41, 5.74) is 2.54. The van der Waals surface area contributed by atoms with Crippen LogP contribution in [0, 0.1) is 12.3 Å². The van der Waals surface area contributed by atoms with E-state index in [4.69, 9.17) is 22.0 Å². The van der Waals surface area contributed by atoms with Crippen LogP contribution in [0.15, 0.2) is 75.7 Å². The number of aryl methyl sites for hydroxylation is 1. The molecule has 0 aliphatic rings. The Balaban J connectivity index is 1.50. The largest absolute Gasteiger partial charge is 0.454 e. The minimum absolute atomic E-state index is 0.0722. The molecule has 2 aromatic carbocycles. The number of hydrogen-bond donors (Lipinski definition) is 0. The normalized spacial score (nSPS) is 15.7. The van der Waals surface area contributed by atoms with Gasteiger partial charge in [-0.3, -0.25) is 4.98 Å². The number of benzene rings is 2. The number of nitrogens with zero attached hydrogens (tertiary/aromatic N) is 2. The lowest BCUT2D eigenvalue weighted by Crippen LogP contribution is -2.37. The number of pyridine rings is 2. The molecule has 6 aromatic rings. The lowest BCUT2D eigenvalue weighted by molar-refractivity contribution is 0.410. The van der Waals surface area contributed by atoms with Crippen molar-refractivity contribution in [1.82, 2.24) is 9.97 Å². The van der Waals surface area contributed by atoms with Crippen LogP contribution in [0.25, 0.3) is 55.7 Å². The fourth-order valence-corrected chi connectivity index (χ4v) is 5.85. The molecule has 0 radical (unpaired) electrons. The number of furan rings is 2. The molecule has 0 fully saturated rings. The molecule has 192 valence electrons. The van der Waals surface area contributed by atoms with Crippen molar-refractivity contribution in [3.8, 4) is 22.6 Å². The highest BCUT2D eigenvalue weighted by Gasteiger charge is 2.20. The van der Waals surface area contributed by atoms with E-state index in [0.717, 1.165) is 10.9 Å². The van der Waals surface area contributed by atoms with Gasteiger partial charge in [0.25, 0.3) is 0 Å². The van der Waals surface area contributed by atoms with Gasteiger partial charge in [0, 0.05) is 35.6 Å². The Labute approximate surface area is 233 Å². The molecular weight excluding hydrogens is 484 g/mol. The monoisotopic (exact) mass is 524 g/mol.